The summed E-state index contributed by atoms with van der Waals surface area (Å²) >= 11 is 1.78. The molecule has 164 valence electrons. The number of fused-ring (bicyclic) bond motifs is 1. The Morgan fingerprint density at radius 2 is 1.61 bits per heavy atom. The fourth-order valence-corrected chi connectivity index (χ4v) is 5.30. The Hall–Kier alpha value is -2.47. The Bertz CT molecular complexity index is 933. The van der Waals surface area contributed by atoms with Crippen LogP contribution in [0.5, 0.6) is 5.75 Å². The minimum atomic E-state index is 0.0364. The number of benzene rings is 2. The lowest BCUT2D eigenvalue weighted by atomic mass is 10.1. The van der Waals surface area contributed by atoms with Crippen molar-refractivity contribution in [2.75, 3.05) is 30.3 Å². The molecule has 0 unspecified atom stereocenters. The Morgan fingerprint density at radius 3 is 2.35 bits per heavy atom. The van der Waals surface area contributed by atoms with Crippen LogP contribution in [0.3, 0.4) is 0 Å². The molecule has 0 spiro atoms. The summed E-state index contributed by atoms with van der Waals surface area (Å²) in [7, 11) is 0. The number of anilines is 1. The van der Waals surface area contributed by atoms with E-state index in [1.54, 1.807) is 11.8 Å². The molecule has 2 heterocycles. The molecule has 2 aliphatic heterocycles. The molecule has 0 N–H and O–H groups in total. The van der Waals surface area contributed by atoms with Crippen molar-refractivity contribution in [1.29, 1.82) is 0 Å². The second-order valence-electron chi connectivity index (χ2n) is 8.28. The number of amides is 2. The van der Waals surface area contributed by atoms with E-state index >= 15 is 0 Å². The summed E-state index contributed by atoms with van der Waals surface area (Å²) in [5.74, 6) is 1.97. The van der Waals surface area contributed by atoms with Crippen molar-refractivity contribution in [2.45, 2.75) is 50.5 Å². The molecule has 0 atom stereocenters. The Morgan fingerprint density at radius 1 is 0.935 bits per heavy atom. The number of carbonyl (C=O) groups is 2. The number of carbonyl (C=O) groups excluding carboxylic acids is 2. The van der Waals surface area contributed by atoms with Gasteiger partial charge in [0.1, 0.15) is 11.9 Å². The Balaban J connectivity index is 1.26. The third kappa shape index (κ3) is 5.06. The van der Waals surface area contributed by atoms with Crippen LogP contribution in [0.15, 0.2) is 47.4 Å². The quantitative estimate of drug-likeness (QED) is 0.685. The highest BCUT2D eigenvalue weighted by Gasteiger charge is 2.27. The minimum absolute atomic E-state index is 0.0364. The van der Waals surface area contributed by atoms with Gasteiger partial charge in [0, 0.05) is 56.0 Å². The highest BCUT2D eigenvalue weighted by Crippen LogP contribution is 2.34. The fourth-order valence-electron chi connectivity index (χ4n) is 4.31. The molecule has 2 amide bonds. The molecule has 2 aromatic rings. The van der Waals surface area contributed by atoms with Crippen LogP contribution in [-0.2, 0) is 9.59 Å². The van der Waals surface area contributed by atoms with E-state index in [0.717, 1.165) is 46.1 Å². The standard InChI is InChI=1S/C25H30N2O3S/c1-18-6-5-7-19(2)25(18)30-20-12-14-26(15-13-20)23(28)10-11-24(29)27-16-17-31-22-9-4-3-8-21(22)27/h3-9,20H,10-17H2,1-2H3. The number of piperidine rings is 1. The van der Waals surface area contributed by atoms with Crippen LogP contribution in [0.25, 0.3) is 0 Å². The first kappa shape index (κ1) is 21.8. The summed E-state index contributed by atoms with van der Waals surface area (Å²) in [5, 5.41) is 0. The van der Waals surface area contributed by atoms with Gasteiger partial charge in [0.25, 0.3) is 0 Å². The maximum atomic E-state index is 12.8. The number of para-hydroxylation sites is 2. The van der Waals surface area contributed by atoms with Crippen molar-refractivity contribution in [3.63, 3.8) is 0 Å². The van der Waals surface area contributed by atoms with Crippen LogP contribution in [0, 0.1) is 13.8 Å². The van der Waals surface area contributed by atoms with Crippen molar-refractivity contribution in [3.8, 4) is 5.75 Å². The van der Waals surface area contributed by atoms with Gasteiger partial charge >= 0.3 is 0 Å². The predicted molar refractivity (Wildman–Crippen MR) is 125 cm³/mol. The van der Waals surface area contributed by atoms with E-state index in [0.29, 0.717) is 19.6 Å². The highest BCUT2D eigenvalue weighted by atomic mass is 32.2. The number of ether oxygens (including phenoxy) is 1. The van der Waals surface area contributed by atoms with Gasteiger partial charge < -0.3 is 14.5 Å². The third-order valence-corrected chi connectivity index (χ3v) is 7.11. The van der Waals surface area contributed by atoms with Crippen molar-refractivity contribution >= 4 is 29.3 Å². The lowest BCUT2D eigenvalue weighted by Crippen LogP contribution is -2.42. The number of hydrogen-bond donors (Lipinski definition) is 0. The van der Waals surface area contributed by atoms with Gasteiger partial charge in [-0.1, -0.05) is 30.3 Å². The van der Waals surface area contributed by atoms with Crippen LogP contribution in [0.4, 0.5) is 5.69 Å². The molecule has 6 heteroatoms. The minimum Gasteiger partial charge on any atom is -0.490 e. The monoisotopic (exact) mass is 438 g/mol. The summed E-state index contributed by atoms with van der Waals surface area (Å²) in [4.78, 5) is 30.4. The molecule has 2 aromatic carbocycles. The first-order chi connectivity index (χ1) is 15.0. The molecule has 1 fully saturated rings. The summed E-state index contributed by atoms with van der Waals surface area (Å²) < 4.78 is 6.26. The van der Waals surface area contributed by atoms with Crippen molar-refractivity contribution in [1.82, 2.24) is 4.90 Å². The van der Waals surface area contributed by atoms with E-state index in [-0.39, 0.29) is 30.8 Å². The topological polar surface area (TPSA) is 49.9 Å². The van der Waals surface area contributed by atoms with Gasteiger partial charge in [-0.25, -0.2) is 0 Å². The van der Waals surface area contributed by atoms with Crippen LogP contribution < -0.4 is 9.64 Å². The number of hydrogen-bond acceptors (Lipinski definition) is 4. The zero-order chi connectivity index (χ0) is 21.8. The maximum absolute atomic E-state index is 12.8. The lowest BCUT2D eigenvalue weighted by Gasteiger charge is -2.33. The first-order valence-electron chi connectivity index (χ1n) is 11.1. The molecular formula is C25H30N2O3S. The van der Waals surface area contributed by atoms with Crippen molar-refractivity contribution in [3.05, 3.63) is 53.6 Å². The molecule has 1 saturated heterocycles. The molecule has 0 aliphatic carbocycles. The van der Waals surface area contributed by atoms with Gasteiger partial charge in [0.15, 0.2) is 0 Å². The van der Waals surface area contributed by atoms with Gasteiger partial charge in [-0.05, 0) is 37.1 Å². The van der Waals surface area contributed by atoms with Gasteiger partial charge in [-0.3, -0.25) is 9.59 Å². The first-order valence-corrected chi connectivity index (χ1v) is 12.0. The lowest BCUT2D eigenvalue weighted by molar-refractivity contribution is -0.134. The smallest absolute Gasteiger partial charge is 0.227 e. The molecule has 31 heavy (non-hydrogen) atoms. The summed E-state index contributed by atoms with van der Waals surface area (Å²) in [6.07, 6.45) is 2.31. The van der Waals surface area contributed by atoms with Gasteiger partial charge in [0.2, 0.25) is 11.8 Å². The van der Waals surface area contributed by atoms with E-state index in [2.05, 4.69) is 32.0 Å². The fraction of sp³-hybridized carbons (Fsp3) is 0.440. The van der Waals surface area contributed by atoms with E-state index in [4.69, 9.17) is 4.74 Å². The average Bonchev–Trinajstić information content (AvgIpc) is 2.80. The van der Waals surface area contributed by atoms with Gasteiger partial charge in [-0.2, -0.15) is 0 Å². The maximum Gasteiger partial charge on any atom is 0.227 e. The number of nitrogens with zero attached hydrogens (tertiary/aromatic N) is 2. The SMILES string of the molecule is Cc1cccc(C)c1OC1CCN(C(=O)CCC(=O)N2CCSc3ccccc32)CC1. The number of thioether (sulfide) groups is 1. The third-order valence-electron chi connectivity index (χ3n) is 6.07. The zero-order valence-electron chi connectivity index (χ0n) is 18.3. The molecule has 0 aromatic heterocycles. The van der Waals surface area contributed by atoms with E-state index in [1.807, 2.05) is 34.1 Å². The highest BCUT2D eigenvalue weighted by molar-refractivity contribution is 7.99. The van der Waals surface area contributed by atoms with Crippen molar-refractivity contribution < 1.29 is 14.3 Å². The Labute approximate surface area is 188 Å². The van der Waals surface area contributed by atoms with Crippen molar-refractivity contribution in [2.24, 2.45) is 0 Å². The summed E-state index contributed by atoms with van der Waals surface area (Å²) in [6, 6.07) is 14.2. The van der Waals surface area contributed by atoms with Crippen LogP contribution in [0.1, 0.15) is 36.8 Å². The van der Waals surface area contributed by atoms with E-state index < -0.39 is 0 Å². The van der Waals surface area contributed by atoms with Crippen LogP contribution >= 0.6 is 11.8 Å². The van der Waals surface area contributed by atoms with Crippen LogP contribution in [0.2, 0.25) is 0 Å². The second-order valence-corrected chi connectivity index (χ2v) is 9.42. The van der Waals surface area contributed by atoms with E-state index in [1.165, 1.54) is 0 Å². The molecule has 0 saturated carbocycles. The molecular weight excluding hydrogens is 408 g/mol. The largest absolute Gasteiger partial charge is 0.490 e. The molecule has 0 bridgehead atoms. The molecule has 2 aliphatic rings. The normalized spacial score (nSPS) is 16.7. The average molecular weight is 439 g/mol. The zero-order valence-corrected chi connectivity index (χ0v) is 19.1. The number of likely N-dealkylation sites (tertiary alicyclic amines) is 1. The van der Waals surface area contributed by atoms with Crippen LogP contribution in [-0.4, -0.2) is 48.2 Å². The van der Waals surface area contributed by atoms with Gasteiger partial charge in [0.05, 0.1) is 5.69 Å². The summed E-state index contributed by atoms with van der Waals surface area (Å²) in [5.41, 5.74) is 3.27. The molecule has 5 nitrogen and oxygen atoms in total. The predicted octanol–water partition coefficient (Wildman–Crippen LogP) is 4.59. The molecule has 4 rings (SSSR count). The van der Waals surface area contributed by atoms with Gasteiger partial charge in [-0.15, -0.1) is 11.8 Å². The number of aryl methyl sites for hydroxylation is 2. The Kier molecular flexibility index (Phi) is 6.86. The molecule has 0 radical (unpaired) electrons. The van der Waals surface area contributed by atoms with E-state index in [9.17, 15) is 9.59 Å². The number of rotatable bonds is 5. The second kappa shape index (κ2) is 9.77. The summed E-state index contributed by atoms with van der Waals surface area (Å²) in [6.45, 7) is 6.21.